The topological polar surface area (TPSA) is 87.7 Å². The first-order valence-corrected chi connectivity index (χ1v) is 56.5. The van der Waals surface area contributed by atoms with Crippen LogP contribution in [-0.4, -0.2) is 90.5 Å². The van der Waals surface area contributed by atoms with Crippen molar-refractivity contribution in [2.24, 2.45) is 0 Å². The zero-order valence-electron chi connectivity index (χ0n) is 68.6. The first-order valence-electron chi connectivity index (χ1n) is 38.8. The Balaban J connectivity index is 0.000000216. The summed E-state index contributed by atoms with van der Waals surface area (Å²) in [5, 5.41) is 0. The van der Waals surface area contributed by atoms with Gasteiger partial charge < -0.3 is 19.6 Å². The van der Waals surface area contributed by atoms with Crippen LogP contribution in [0.4, 0.5) is 49.1 Å². The molecule has 7 aromatic rings. The molecule has 2 aliphatic heterocycles. The predicted molar refractivity (Wildman–Crippen MR) is 470 cm³/mol. The van der Waals surface area contributed by atoms with E-state index in [1.807, 2.05) is 34.9 Å². The van der Waals surface area contributed by atoms with Gasteiger partial charge in [0.2, 0.25) is 10.0 Å². The summed E-state index contributed by atoms with van der Waals surface area (Å²) in [7, 11) is 19.7. The Bertz CT molecular complexity index is 4180. The average molecular weight is 1970 g/mol. The van der Waals surface area contributed by atoms with E-state index in [4.69, 9.17) is 38.8 Å². The Kier molecular flexibility index (Phi) is 41.3. The molecule has 644 valence electrons. The van der Waals surface area contributed by atoms with Gasteiger partial charge in [0.1, 0.15) is 0 Å². The van der Waals surface area contributed by atoms with E-state index in [2.05, 4.69) is 196 Å². The van der Waals surface area contributed by atoms with Crippen molar-refractivity contribution in [1.82, 2.24) is 8.61 Å². The van der Waals surface area contributed by atoms with E-state index < -0.39 is 70.6 Å². The van der Waals surface area contributed by atoms with E-state index in [0.29, 0.717) is 11.1 Å². The zero-order chi connectivity index (χ0) is 85.3. The fraction of sp³-hybridized carbons (Fsp3) is 0.455. The summed E-state index contributed by atoms with van der Waals surface area (Å²) in [6.07, 6.45) is 18.1. The molecule has 3 aliphatic carbocycles. The van der Waals surface area contributed by atoms with Crippen LogP contribution in [0.15, 0.2) is 140 Å². The van der Waals surface area contributed by atoms with Crippen LogP contribution in [0, 0.1) is 96.4 Å². The van der Waals surface area contributed by atoms with E-state index in [-0.39, 0.29) is 21.0 Å². The van der Waals surface area contributed by atoms with Gasteiger partial charge >= 0.3 is 233 Å². The Morgan fingerprint density at radius 1 is 0.435 bits per heavy atom. The van der Waals surface area contributed by atoms with Gasteiger partial charge in [-0.2, -0.15) is 26.5 Å². The number of hydrogen-bond donors (Lipinski definition) is 0. The second kappa shape index (κ2) is 47.5. The van der Waals surface area contributed by atoms with E-state index in [9.17, 15) is 43.2 Å². The number of aryl methyl sites for hydroxylation is 12. The standard InChI is InChI=1S/2C21H27N2.C18H33P.C11H12F3NO2S.C10H10F3NO2S.C7H6.5ClH.Cu.2Ru/c2*1-14-9-16(3)20(17(4)10-14)22-7-8-23(13-22)21-18(5)11-15(2)12-19(21)6;1-4-10-16(11-5-1)19(17-12-6-2-7-13-17)18-14-8-3-9-15-18;1-3-15(18(2,16)17)8-9-4-6-10(7-5-9)11(12,13)14;1-14(17(2,15)16)7-8-3-5-9(6-4-8)10(11,12)13;1-7-5-3-2-4-6-7;;;;;;;;/h2*9-13H,7-8H2,1-6H3;16-18H,1-15H2;3-7H,1,8H2,2H3;1,3-6H,7H2,2H3;1-6H;5*1H;;;/q2*-1;;;;;;;;;;+1;2*+2/p-4. The molecule has 5 fully saturated rings. The van der Waals surface area contributed by atoms with Crippen LogP contribution >= 0.6 is 56.8 Å². The van der Waals surface area contributed by atoms with Crippen LogP contribution in [0.2, 0.25) is 0 Å². The average Bonchev–Trinajstić information content (AvgIpc) is 1.63. The predicted octanol–water partition coefficient (Wildman–Crippen LogP) is 25.4. The number of nitrogens with zero attached hydrogens (tertiary/aromatic N) is 6. The van der Waals surface area contributed by atoms with Gasteiger partial charge in [0.05, 0.1) is 35.3 Å². The van der Waals surface area contributed by atoms with E-state index in [1.165, 1.54) is 135 Å². The third kappa shape index (κ3) is 32.1. The molecule has 12 rings (SSSR count). The number of sulfonamides is 2. The second-order valence-corrected chi connectivity index (χ2v) is 49.4. The van der Waals surface area contributed by atoms with Crippen LogP contribution in [-0.2, 0) is 87.6 Å². The quantitative estimate of drug-likeness (QED) is 0.0409. The Hall–Kier alpha value is -3.89. The second-order valence-electron chi connectivity index (χ2n) is 30.7. The normalized spacial score (nSPS) is 15.9. The van der Waals surface area contributed by atoms with Crippen molar-refractivity contribution in [2.75, 3.05) is 58.3 Å². The molecule has 7 aromatic carbocycles. The van der Waals surface area contributed by atoms with Crippen LogP contribution in [0.1, 0.15) is 191 Å². The summed E-state index contributed by atoms with van der Waals surface area (Å²) >= 11 is -0.317. The molecule has 0 atom stereocenters. The van der Waals surface area contributed by atoms with E-state index in [1.54, 1.807) is 96.3 Å². The molecule has 0 bridgehead atoms. The van der Waals surface area contributed by atoms with Crippen molar-refractivity contribution >= 4 is 109 Å². The number of hydrogen-bond acceptors (Lipinski definition) is 8. The van der Waals surface area contributed by atoms with Gasteiger partial charge in [-0.1, -0.05) is 109 Å². The van der Waals surface area contributed by atoms with Gasteiger partial charge in [0.15, 0.2) is 0 Å². The molecule has 0 N–H and O–H groups in total. The molecule has 0 unspecified atom stereocenters. The summed E-state index contributed by atoms with van der Waals surface area (Å²) in [6.45, 7) is 38.3. The van der Waals surface area contributed by atoms with Gasteiger partial charge in [0, 0.05) is 63.1 Å². The molecule has 3 saturated carbocycles. The van der Waals surface area contributed by atoms with Gasteiger partial charge in [-0.05, 0) is 222 Å². The van der Waals surface area contributed by atoms with Gasteiger partial charge in [-0.3, -0.25) is 4.31 Å². The van der Waals surface area contributed by atoms with E-state index in [0.717, 1.165) is 83.3 Å². The maximum absolute atomic E-state index is 12.4. The zero-order valence-corrected chi connectivity index (χ0v) is 79.4. The summed E-state index contributed by atoms with van der Waals surface area (Å²) < 4.78 is 125. The first-order chi connectivity index (χ1) is 54.1. The number of alkyl halides is 6. The summed E-state index contributed by atoms with van der Waals surface area (Å²) in [5.74, 6) is 0. The molecular formula is C88H116Cl5CuF6N6O4PRu2S2-. The van der Waals surface area contributed by atoms with Crippen molar-refractivity contribution in [3.8, 4) is 0 Å². The maximum atomic E-state index is 12.4. The molecule has 5 aliphatic rings. The molecule has 0 spiro atoms. The van der Waals surface area contributed by atoms with Crippen molar-refractivity contribution in [2.45, 2.75) is 222 Å². The van der Waals surface area contributed by atoms with Gasteiger partial charge in [-0.15, -0.1) is 0 Å². The third-order valence-corrected chi connectivity index (χ3v) is 31.7. The number of anilines is 4. The van der Waals surface area contributed by atoms with Gasteiger partial charge in [0.25, 0.3) is 0 Å². The van der Waals surface area contributed by atoms with Crippen molar-refractivity contribution in [3.05, 3.63) is 248 Å². The molecule has 2 saturated heterocycles. The number of rotatable bonds is 16. The minimum absolute atomic E-state index is 0.0412. The van der Waals surface area contributed by atoms with Crippen molar-refractivity contribution < 1.29 is 85.3 Å². The first kappa shape index (κ1) is 99.9. The van der Waals surface area contributed by atoms with Crippen molar-refractivity contribution in [1.29, 1.82) is 0 Å². The fourth-order valence-corrected chi connectivity index (χ4v) is 28.3. The fourth-order valence-electron chi connectivity index (χ4n) is 16.7. The molecule has 115 heavy (non-hydrogen) atoms. The SMILES string of the molecule is C1CCC([PH+](C2CCCCC2)C2CCCCC2)CC1.C=CN(Cc1ccc(C(F)(F)F)cc1)S(C)(=O)=O.CS(=O)(=O)N([CH]=[Ru]([Cl])[Cl])Cc1ccc(C(F)(F)F)cc1.Cc1cc(C)c(N2[CH-]N(c3c(C)cc(C)cc3C)CC2)c(C)c1.Cc1cc(C)c(N2[CH-]N(c3c(C)cc(C)cc3C)CC2)c(C)c1.[Cl][Cu].[Cl][Ru]([Cl])=[CH]c1ccccc1. The minimum atomic E-state index is -4.42. The number of benzene rings is 7. The molecule has 0 aromatic heterocycles. The summed E-state index contributed by atoms with van der Waals surface area (Å²) in [4.78, 5) is 9.62. The Morgan fingerprint density at radius 2 is 0.696 bits per heavy atom. The molecule has 0 radical (unpaired) electrons. The van der Waals surface area contributed by atoms with Gasteiger partial charge in [-0.25, -0.2) is 8.42 Å². The molecule has 27 heteroatoms. The molecule has 2 heterocycles. The third-order valence-electron chi connectivity index (χ3n) is 21.1. The van der Waals surface area contributed by atoms with Crippen LogP contribution in [0.3, 0.4) is 0 Å². The van der Waals surface area contributed by atoms with Crippen LogP contribution in [0.25, 0.3) is 0 Å². The van der Waals surface area contributed by atoms with Crippen LogP contribution in [0.5, 0.6) is 0 Å². The molecule has 10 nitrogen and oxygen atoms in total. The van der Waals surface area contributed by atoms with Crippen molar-refractivity contribution in [3.63, 3.8) is 0 Å². The molecular weight excluding hydrogens is 1860 g/mol. The summed E-state index contributed by atoms with van der Waals surface area (Å²) in [5.41, 5.74) is 25.8. The van der Waals surface area contributed by atoms with Crippen LogP contribution < -0.4 is 19.6 Å². The van der Waals surface area contributed by atoms with E-state index >= 15 is 0 Å². The number of halogens is 11. The Labute approximate surface area is 724 Å². The Morgan fingerprint density at radius 3 is 0.922 bits per heavy atom. The summed E-state index contributed by atoms with van der Waals surface area (Å²) in [6, 6.07) is 36.7. The monoisotopic (exact) mass is 1970 g/mol. The molecule has 0 amide bonds.